The molecule has 0 spiro atoms. The summed E-state index contributed by atoms with van der Waals surface area (Å²) in [7, 11) is 0. The zero-order chi connectivity index (χ0) is 16.3. The van der Waals surface area contributed by atoms with Crippen LogP contribution >= 0.6 is 23.2 Å². The van der Waals surface area contributed by atoms with E-state index in [0.717, 1.165) is 11.3 Å². The SMILES string of the molecule is CC1(OCCc2ccnc(Cl)n2)N=NN=C1c1ccc(Cl)cc1. The summed E-state index contributed by atoms with van der Waals surface area (Å²) in [6.45, 7) is 2.22. The highest BCUT2D eigenvalue weighted by Gasteiger charge is 2.36. The summed E-state index contributed by atoms with van der Waals surface area (Å²) in [4.78, 5) is 7.97. The Kier molecular flexibility index (Phi) is 4.66. The number of benzene rings is 1. The number of hydrogen-bond acceptors (Lipinski definition) is 6. The van der Waals surface area contributed by atoms with Crippen LogP contribution in [0, 0.1) is 0 Å². The van der Waals surface area contributed by atoms with E-state index in [4.69, 9.17) is 27.9 Å². The summed E-state index contributed by atoms with van der Waals surface area (Å²) in [5.74, 6) is 0. The van der Waals surface area contributed by atoms with Gasteiger partial charge in [-0.2, -0.15) is 0 Å². The molecule has 1 atom stereocenters. The molecule has 0 N–H and O–H groups in total. The third-order valence-corrected chi connectivity index (χ3v) is 3.80. The highest BCUT2D eigenvalue weighted by Crippen LogP contribution is 2.26. The molecule has 1 unspecified atom stereocenters. The normalized spacial score (nSPS) is 19.9. The second-order valence-corrected chi connectivity index (χ2v) is 5.82. The molecule has 2 heterocycles. The lowest BCUT2D eigenvalue weighted by atomic mass is 10.0. The summed E-state index contributed by atoms with van der Waals surface area (Å²) >= 11 is 11.7. The Morgan fingerprint density at radius 1 is 1.13 bits per heavy atom. The van der Waals surface area contributed by atoms with E-state index in [1.165, 1.54) is 0 Å². The molecule has 6 nitrogen and oxygen atoms in total. The van der Waals surface area contributed by atoms with Crippen LogP contribution < -0.4 is 0 Å². The van der Waals surface area contributed by atoms with Crippen molar-refractivity contribution in [2.45, 2.75) is 19.1 Å². The molecule has 23 heavy (non-hydrogen) atoms. The molecule has 0 fully saturated rings. The quantitative estimate of drug-likeness (QED) is 0.767. The van der Waals surface area contributed by atoms with E-state index in [0.29, 0.717) is 23.8 Å². The largest absolute Gasteiger partial charge is 0.347 e. The smallest absolute Gasteiger partial charge is 0.223 e. The fourth-order valence-electron chi connectivity index (χ4n) is 2.19. The van der Waals surface area contributed by atoms with Crippen LogP contribution in [0.1, 0.15) is 18.2 Å². The Hall–Kier alpha value is -1.89. The average molecular weight is 350 g/mol. The summed E-state index contributed by atoms with van der Waals surface area (Å²) in [6.07, 6.45) is 2.20. The number of aromatic nitrogens is 2. The van der Waals surface area contributed by atoms with Crippen molar-refractivity contribution in [3.05, 3.63) is 58.1 Å². The van der Waals surface area contributed by atoms with Crippen molar-refractivity contribution in [1.82, 2.24) is 9.97 Å². The molecule has 0 aliphatic carbocycles. The van der Waals surface area contributed by atoms with Gasteiger partial charge in [-0.05, 0) is 41.9 Å². The minimum absolute atomic E-state index is 0.220. The molecule has 0 amide bonds. The molecule has 0 saturated carbocycles. The van der Waals surface area contributed by atoms with Gasteiger partial charge >= 0.3 is 0 Å². The lowest BCUT2D eigenvalue weighted by Gasteiger charge is -2.22. The van der Waals surface area contributed by atoms with Crippen LogP contribution in [-0.4, -0.2) is 28.0 Å². The highest BCUT2D eigenvalue weighted by molar-refractivity contribution is 6.30. The topological polar surface area (TPSA) is 72.1 Å². The van der Waals surface area contributed by atoms with Crippen LogP contribution in [0.2, 0.25) is 10.3 Å². The van der Waals surface area contributed by atoms with Gasteiger partial charge in [0.15, 0.2) is 0 Å². The Balaban J connectivity index is 1.67. The van der Waals surface area contributed by atoms with E-state index < -0.39 is 5.72 Å². The third kappa shape index (κ3) is 3.72. The Morgan fingerprint density at radius 3 is 2.65 bits per heavy atom. The number of halogens is 2. The molecule has 2 aromatic rings. The van der Waals surface area contributed by atoms with E-state index in [2.05, 4.69) is 25.4 Å². The van der Waals surface area contributed by atoms with Gasteiger partial charge in [-0.25, -0.2) is 9.97 Å². The second kappa shape index (κ2) is 6.70. The van der Waals surface area contributed by atoms with Crippen molar-refractivity contribution in [2.75, 3.05) is 6.61 Å². The van der Waals surface area contributed by atoms with Gasteiger partial charge in [-0.1, -0.05) is 23.7 Å². The third-order valence-electron chi connectivity index (χ3n) is 3.36. The monoisotopic (exact) mass is 349 g/mol. The summed E-state index contributed by atoms with van der Waals surface area (Å²) in [5.41, 5.74) is 1.39. The first-order chi connectivity index (χ1) is 11.1. The Morgan fingerprint density at radius 2 is 1.91 bits per heavy atom. The molecular formula is C15H13Cl2N5O. The lowest BCUT2D eigenvalue weighted by Crippen LogP contribution is -2.35. The van der Waals surface area contributed by atoms with E-state index in [1.54, 1.807) is 24.4 Å². The molecule has 1 aromatic heterocycles. The van der Waals surface area contributed by atoms with Gasteiger partial charge in [0.1, 0.15) is 5.71 Å². The first-order valence-corrected chi connectivity index (χ1v) is 7.70. The minimum atomic E-state index is -0.926. The predicted octanol–water partition coefficient (Wildman–Crippen LogP) is 3.93. The Bertz CT molecular complexity index is 763. The van der Waals surface area contributed by atoms with Crippen molar-refractivity contribution >= 4 is 28.9 Å². The molecule has 118 valence electrons. The maximum Gasteiger partial charge on any atom is 0.223 e. The first kappa shape index (κ1) is 16.0. The molecule has 1 aliphatic heterocycles. The molecular weight excluding hydrogens is 337 g/mol. The fourth-order valence-corrected chi connectivity index (χ4v) is 2.48. The van der Waals surface area contributed by atoms with Crippen molar-refractivity contribution in [3.8, 4) is 0 Å². The van der Waals surface area contributed by atoms with Gasteiger partial charge in [0, 0.05) is 28.9 Å². The Labute approximate surface area is 143 Å². The molecule has 1 aliphatic rings. The summed E-state index contributed by atoms with van der Waals surface area (Å²) in [5, 5.41) is 12.8. The second-order valence-electron chi connectivity index (χ2n) is 5.04. The van der Waals surface area contributed by atoms with E-state index >= 15 is 0 Å². The maximum atomic E-state index is 5.91. The fraction of sp³-hybridized carbons (Fsp3) is 0.267. The van der Waals surface area contributed by atoms with Crippen molar-refractivity contribution in [3.63, 3.8) is 0 Å². The molecule has 1 aromatic carbocycles. The van der Waals surface area contributed by atoms with Gasteiger partial charge < -0.3 is 4.74 Å². The van der Waals surface area contributed by atoms with Crippen molar-refractivity contribution in [2.24, 2.45) is 15.4 Å². The summed E-state index contributed by atoms with van der Waals surface area (Å²) in [6, 6.07) is 9.11. The highest BCUT2D eigenvalue weighted by atomic mass is 35.5. The first-order valence-electron chi connectivity index (χ1n) is 6.94. The summed E-state index contributed by atoms with van der Waals surface area (Å²) < 4.78 is 5.90. The standard InChI is InChI=1S/C15H13Cl2N5O/c1-15(23-9-7-12-6-8-18-14(17)19-12)13(20-22-21-15)10-2-4-11(16)5-3-10/h2-6,8H,7,9H2,1H3. The van der Waals surface area contributed by atoms with E-state index in [9.17, 15) is 0 Å². The van der Waals surface area contributed by atoms with E-state index in [1.807, 2.05) is 19.1 Å². The van der Waals surface area contributed by atoms with Gasteiger partial charge in [0.2, 0.25) is 11.0 Å². The zero-order valence-corrected chi connectivity index (χ0v) is 13.8. The number of nitrogens with zero attached hydrogens (tertiary/aromatic N) is 5. The van der Waals surface area contributed by atoms with E-state index in [-0.39, 0.29) is 5.28 Å². The number of hydrogen-bond donors (Lipinski definition) is 0. The van der Waals surface area contributed by atoms with Gasteiger partial charge in [0.25, 0.3) is 0 Å². The lowest BCUT2D eigenvalue weighted by molar-refractivity contribution is 0.0283. The van der Waals surface area contributed by atoms with Crippen LogP contribution in [0.4, 0.5) is 0 Å². The molecule has 0 bridgehead atoms. The average Bonchev–Trinajstić information content (AvgIpc) is 2.90. The van der Waals surface area contributed by atoms with Crippen LogP contribution in [0.5, 0.6) is 0 Å². The van der Waals surface area contributed by atoms with Gasteiger partial charge in [-0.15, -0.1) is 10.2 Å². The van der Waals surface area contributed by atoms with Crippen molar-refractivity contribution < 1.29 is 4.74 Å². The van der Waals surface area contributed by atoms with Gasteiger partial charge in [0.05, 0.1) is 6.61 Å². The van der Waals surface area contributed by atoms with Crippen LogP contribution in [-0.2, 0) is 11.2 Å². The van der Waals surface area contributed by atoms with Crippen LogP contribution in [0.25, 0.3) is 0 Å². The number of ether oxygens (including phenoxy) is 1. The van der Waals surface area contributed by atoms with Crippen LogP contribution in [0.3, 0.4) is 0 Å². The molecule has 3 rings (SSSR count). The molecule has 0 radical (unpaired) electrons. The minimum Gasteiger partial charge on any atom is -0.347 e. The van der Waals surface area contributed by atoms with Gasteiger partial charge in [-0.3, -0.25) is 0 Å². The zero-order valence-electron chi connectivity index (χ0n) is 12.3. The maximum absolute atomic E-state index is 5.91. The molecule has 8 heteroatoms. The number of rotatable bonds is 5. The predicted molar refractivity (Wildman–Crippen MR) is 87.9 cm³/mol. The van der Waals surface area contributed by atoms with Crippen LogP contribution in [0.15, 0.2) is 52.0 Å². The molecule has 0 saturated heterocycles. The van der Waals surface area contributed by atoms with Crippen molar-refractivity contribution in [1.29, 1.82) is 0 Å².